The fraction of sp³-hybridized carbons (Fsp3) is 0.0769. The number of aromatic nitrogens is 3. The van der Waals surface area contributed by atoms with Crippen LogP contribution >= 0.6 is 11.6 Å². The molecule has 5 nitrogen and oxygen atoms in total. The molecule has 1 aromatic carbocycles. The lowest BCUT2D eigenvalue weighted by atomic mass is 10.3. The lowest BCUT2D eigenvalue weighted by molar-refractivity contribution is 0.468. The van der Waals surface area contributed by atoms with Crippen LogP contribution in [0.4, 0.5) is 5.69 Å². The molecular weight excluding hydrogens is 264 g/mol. The number of nitrogen functional groups attached to an aromatic ring is 1. The molecule has 96 valence electrons. The summed E-state index contributed by atoms with van der Waals surface area (Å²) in [6.07, 6.45) is 3.37. The first-order chi connectivity index (χ1) is 9.15. The van der Waals surface area contributed by atoms with Crippen molar-refractivity contribution in [3.8, 4) is 11.6 Å². The summed E-state index contributed by atoms with van der Waals surface area (Å²) < 4.78 is 7.44. The number of halogens is 1. The highest BCUT2D eigenvalue weighted by Crippen LogP contribution is 2.35. The van der Waals surface area contributed by atoms with E-state index in [1.165, 1.54) is 0 Å². The molecule has 0 spiro atoms. The Morgan fingerprint density at radius 1 is 1.37 bits per heavy atom. The second-order valence-corrected chi connectivity index (χ2v) is 4.52. The summed E-state index contributed by atoms with van der Waals surface area (Å²) in [6.45, 7) is 1.90. The summed E-state index contributed by atoms with van der Waals surface area (Å²) >= 11 is 6.08. The Bertz CT molecular complexity index is 733. The Morgan fingerprint density at radius 2 is 2.21 bits per heavy atom. The van der Waals surface area contributed by atoms with Crippen molar-refractivity contribution < 1.29 is 4.74 Å². The van der Waals surface area contributed by atoms with Crippen molar-refractivity contribution in [2.24, 2.45) is 0 Å². The fourth-order valence-electron chi connectivity index (χ4n) is 1.83. The molecule has 0 saturated heterocycles. The lowest BCUT2D eigenvalue weighted by Crippen LogP contribution is -1.97. The highest BCUT2D eigenvalue weighted by atomic mass is 35.5. The summed E-state index contributed by atoms with van der Waals surface area (Å²) in [6, 6.07) is 7.09. The van der Waals surface area contributed by atoms with Gasteiger partial charge in [0.1, 0.15) is 5.52 Å². The predicted octanol–water partition coefficient (Wildman–Crippen LogP) is 3.07. The van der Waals surface area contributed by atoms with Crippen LogP contribution in [-0.2, 0) is 0 Å². The molecule has 6 heteroatoms. The minimum Gasteiger partial charge on any atom is -0.433 e. The van der Waals surface area contributed by atoms with Crippen molar-refractivity contribution in [2.45, 2.75) is 6.92 Å². The number of rotatable bonds is 2. The molecule has 0 unspecified atom stereocenters. The number of anilines is 1. The number of aryl methyl sites for hydroxylation is 1. The van der Waals surface area contributed by atoms with Crippen molar-refractivity contribution >= 4 is 22.8 Å². The summed E-state index contributed by atoms with van der Waals surface area (Å²) in [5.74, 6) is 0.825. The van der Waals surface area contributed by atoms with Gasteiger partial charge in [0.25, 0.3) is 0 Å². The second-order valence-electron chi connectivity index (χ2n) is 4.11. The summed E-state index contributed by atoms with van der Waals surface area (Å²) in [4.78, 5) is 4.20. The van der Waals surface area contributed by atoms with Gasteiger partial charge in [-0.15, -0.1) is 0 Å². The van der Waals surface area contributed by atoms with Crippen molar-refractivity contribution in [1.82, 2.24) is 14.6 Å². The van der Waals surface area contributed by atoms with E-state index in [0.717, 1.165) is 11.2 Å². The van der Waals surface area contributed by atoms with E-state index < -0.39 is 0 Å². The van der Waals surface area contributed by atoms with Gasteiger partial charge in [-0.05, 0) is 25.1 Å². The number of hydrogen-bond donors (Lipinski definition) is 1. The molecule has 0 radical (unpaired) electrons. The standard InChI is InChI=1S/C13H11ClN4O/c1-8-7-11-13(16-5-6-18(11)17-8)19-12-9(14)3-2-4-10(12)15/h2-7H,15H2,1H3. The molecule has 0 aliphatic heterocycles. The SMILES string of the molecule is Cc1cc2c(Oc3c(N)cccc3Cl)nccn2n1. The molecule has 2 N–H and O–H groups in total. The molecule has 3 aromatic rings. The summed E-state index contributed by atoms with van der Waals surface area (Å²) in [7, 11) is 0. The van der Waals surface area contributed by atoms with Gasteiger partial charge < -0.3 is 10.5 Å². The minimum atomic E-state index is 0.406. The van der Waals surface area contributed by atoms with E-state index in [4.69, 9.17) is 22.1 Å². The zero-order valence-corrected chi connectivity index (χ0v) is 10.9. The van der Waals surface area contributed by atoms with Gasteiger partial charge in [-0.3, -0.25) is 0 Å². The smallest absolute Gasteiger partial charge is 0.245 e. The van der Waals surface area contributed by atoms with Gasteiger partial charge in [-0.25, -0.2) is 9.50 Å². The van der Waals surface area contributed by atoms with E-state index >= 15 is 0 Å². The zero-order valence-electron chi connectivity index (χ0n) is 10.2. The Labute approximate surface area is 114 Å². The van der Waals surface area contributed by atoms with Crippen molar-refractivity contribution in [3.63, 3.8) is 0 Å². The van der Waals surface area contributed by atoms with Gasteiger partial charge in [0.15, 0.2) is 5.75 Å². The lowest BCUT2D eigenvalue weighted by Gasteiger charge is -2.09. The monoisotopic (exact) mass is 274 g/mol. The third-order valence-corrected chi connectivity index (χ3v) is 2.97. The summed E-state index contributed by atoms with van der Waals surface area (Å²) in [5.41, 5.74) is 7.97. The number of hydrogen-bond acceptors (Lipinski definition) is 4. The van der Waals surface area contributed by atoms with E-state index in [0.29, 0.717) is 22.3 Å². The van der Waals surface area contributed by atoms with Gasteiger partial charge in [0, 0.05) is 12.4 Å². The Morgan fingerprint density at radius 3 is 3.00 bits per heavy atom. The number of para-hydroxylation sites is 1. The van der Waals surface area contributed by atoms with Gasteiger partial charge in [0.2, 0.25) is 5.88 Å². The van der Waals surface area contributed by atoms with Crippen LogP contribution < -0.4 is 10.5 Å². The number of fused-ring (bicyclic) bond motifs is 1. The normalized spacial score (nSPS) is 10.8. The molecule has 2 aromatic heterocycles. The highest BCUT2D eigenvalue weighted by Gasteiger charge is 2.12. The number of benzene rings is 1. The first kappa shape index (κ1) is 11.8. The van der Waals surface area contributed by atoms with Crippen LogP contribution in [0, 0.1) is 6.92 Å². The van der Waals surface area contributed by atoms with Crippen molar-refractivity contribution in [3.05, 3.63) is 47.4 Å². The third kappa shape index (κ3) is 2.08. The first-order valence-corrected chi connectivity index (χ1v) is 6.06. The van der Waals surface area contributed by atoms with Crippen LogP contribution in [0.3, 0.4) is 0 Å². The number of nitrogens with two attached hydrogens (primary N) is 1. The summed E-state index contributed by atoms with van der Waals surface area (Å²) in [5, 5.41) is 4.74. The molecular formula is C13H11ClN4O. The molecule has 0 aliphatic rings. The molecule has 0 aliphatic carbocycles. The van der Waals surface area contributed by atoms with Gasteiger partial charge in [-0.1, -0.05) is 17.7 Å². The van der Waals surface area contributed by atoms with E-state index in [2.05, 4.69) is 10.1 Å². The van der Waals surface area contributed by atoms with E-state index in [-0.39, 0.29) is 0 Å². The molecule has 0 bridgehead atoms. The molecule has 0 amide bonds. The van der Waals surface area contributed by atoms with Gasteiger partial charge in [-0.2, -0.15) is 5.10 Å². The van der Waals surface area contributed by atoms with E-state index in [1.807, 2.05) is 13.0 Å². The molecule has 19 heavy (non-hydrogen) atoms. The Balaban J connectivity index is 2.11. The highest BCUT2D eigenvalue weighted by molar-refractivity contribution is 6.32. The number of ether oxygens (including phenoxy) is 1. The van der Waals surface area contributed by atoms with Crippen LogP contribution in [-0.4, -0.2) is 14.6 Å². The molecule has 3 rings (SSSR count). The molecule has 0 atom stereocenters. The fourth-order valence-corrected chi connectivity index (χ4v) is 2.05. The average Bonchev–Trinajstić information content (AvgIpc) is 2.75. The topological polar surface area (TPSA) is 65.4 Å². The Kier molecular flexibility index (Phi) is 2.76. The average molecular weight is 275 g/mol. The van der Waals surface area contributed by atoms with Crippen LogP contribution in [0.25, 0.3) is 5.52 Å². The quantitative estimate of drug-likeness (QED) is 0.730. The minimum absolute atomic E-state index is 0.406. The second kappa shape index (κ2) is 4.44. The maximum atomic E-state index is 6.08. The maximum Gasteiger partial charge on any atom is 0.245 e. The molecule has 0 fully saturated rings. The van der Waals surface area contributed by atoms with E-state index in [1.54, 1.807) is 35.1 Å². The van der Waals surface area contributed by atoms with Crippen LogP contribution in [0.1, 0.15) is 5.69 Å². The number of nitrogens with zero attached hydrogens (tertiary/aromatic N) is 3. The van der Waals surface area contributed by atoms with Crippen molar-refractivity contribution in [2.75, 3.05) is 5.73 Å². The third-order valence-electron chi connectivity index (χ3n) is 2.67. The van der Waals surface area contributed by atoms with Gasteiger partial charge >= 0.3 is 0 Å². The van der Waals surface area contributed by atoms with Crippen LogP contribution in [0.2, 0.25) is 5.02 Å². The molecule has 0 saturated carbocycles. The molecule has 2 heterocycles. The predicted molar refractivity (Wildman–Crippen MR) is 73.7 cm³/mol. The maximum absolute atomic E-state index is 6.08. The van der Waals surface area contributed by atoms with Gasteiger partial charge in [0.05, 0.1) is 16.4 Å². The largest absolute Gasteiger partial charge is 0.433 e. The van der Waals surface area contributed by atoms with Crippen LogP contribution in [0.15, 0.2) is 36.7 Å². The van der Waals surface area contributed by atoms with Crippen molar-refractivity contribution in [1.29, 1.82) is 0 Å². The van der Waals surface area contributed by atoms with E-state index in [9.17, 15) is 0 Å². The first-order valence-electron chi connectivity index (χ1n) is 5.68. The zero-order chi connectivity index (χ0) is 13.4. The van der Waals surface area contributed by atoms with Crippen LogP contribution in [0.5, 0.6) is 11.6 Å². The Hall–Kier alpha value is -2.27.